The van der Waals surface area contributed by atoms with Crippen LogP contribution in [0.15, 0.2) is 35.1 Å². The van der Waals surface area contributed by atoms with Crippen LogP contribution in [0.25, 0.3) is 0 Å². The standard InChI is InChI=1S/C15H18BrN3O/c1-10-6-11(4-5-13(10)16)14(17-2)7-12-8-15(20-3)19-9-18-12/h4-6,8-9,14,17H,7H2,1-3H3. The highest BCUT2D eigenvalue weighted by molar-refractivity contribution is 9.10. The molecule has 0 spiro atoms. The summed E-state index contributed by atoms with van der Waals surface area (Å²) in [6.07, 6.45) is 2.32. The van der Waals surface area contributed by atoms with Crippen molar-refractivity contribution >= 4 is 15.9 Å². The highest BCUT2D eigenvalue weighted by Crippen LogP contribution is 2.23. The van der Waals surface area contributed by atoms with E-state index in [1.54, 1.807) is 7.11 Å². The van der Waals surface area contributed by atoms with Gasteiger partial charge in [0, 0.05) is 28.7 Å². The van der Waals surface area contributed by atoms with E-state index in [2.05, 4.69) is 56.3 Å². The third kappa shape index (κ3) is 3.55. The molecule has 0 saturated heterocycles. The van der Waals surface area contributed by atoms with Gasteiger partial charge in [-0.3, -0.25) is 0 Å². The lowest BCUT2D eigenvalue weighted by Crippen LogP contribution is -2.19. The van der Waals surface area contributed by atoms with Crippen molar-refractivity contribution in [2.75, 3.05) is 14.2 Å². The maximum atomic E-state index is 5.13. The molecule has 5 heteroatoms. The normalized spacial score (nSPS) is 12.2. The molecule has 0 aliphatic rings. The maximum Gasteiger partial charge on any atom is 0.216 e. The molecule has 1 aromatic heterocycles. The van der Waals surface area contributed by atoms with Crippen LogP contribution in [0.3, 0.4) is 0 Å². The molecular formula is C15H18BrN3O. The number of hydrogen-bond acceptors (Lipinski definition) is 4. The van der Waals surface area contributed by atoms with Gasteiger partial charge in [-0.1, -0.05) is 28.1 Å². The summed E-state index contributed by atoms with van der Waals surface area (Å²) >= 11 is 3.53. The largest absolute Gasteiger partial charge is 0.481 e. The summed E-state index contributed by atoms with van der Waals surface area (Å²) in [4.78, 5) is 8.33. The second kappa shape index (κ2) is 6.81. The van der Waals surface area contributed by atoms with E-state index in [0.29, 0.717) is 5.88 Å². The summed E-state index contributed by atoms with van der Waals surface area (Å²) in [5.74, 6) is 0.594. The first-order chi connectivity index (χ1) is 9.63. The quantitative estimate of drug-likeness (QED) is 0.912. The number of nitrogens with one attached hydrogen (secondary N) is 1. The van der Waals surface area contributed by atoms with Crippen LogP contribution in [0.1, 0.15) is 22.9 Å². The van der Waals surface area contributed by atoms with Crippen LogP contribution in [0.5, 0.6) is 5.88 Å². The molecule has 0 aliphatic heterocycles. The van der Waals surface area contributed by atoms with Gasteiger partial charge in [0.05, 0.1) is 7.11 Å². The van der Waals surface area contributed by atoms with E-state index in [4.69, 9.17) is 4.74 Å². The number of aryl methyl sites for hydroxylation is 1. The van der Waals surface area contributed by atoms with Gasteiger partial charge in [-0.25, -0.2) is 9.97 Å². The average Bonchev–Trinajstić information content (AvgIpc) is 2.48. The first kappa shape index (κ1) is 14.9. The number of benzene rings is 1. The molecule has 1 atom stereocenters. The topological polar surface area (TPSA) is 47.0 Å². The predicted molar refractivity (Wildman–Crippen MR) is 83.0 cm³/mol. The summed E-state index contributed by atoms with van der Waals surface area (Å²) in [6, 6.07) is 8.47. The van der Waals surface area contributed by atoms with Crippen molar-refractivity contribution < 1.29 is 4.74 Å². The van der Waals surface area contributed by atoms with Crippen molar-refractivity contribution in [1.82, 2.24) is 15.3 Å². The van der Waals surface area contributed by atoms with Gasteiger partial charge in [0.1, 0.15) is 6.33 Å². The summed E-state index contributed by atoms with van der Waals surface area (Å²) in [7, 11) is 3.57. The van der Waals surface area contributed by atoms with Crippen LogP contribution in [0, 0.1) is 6.92 Å². The Bertz CT molecular complexity index is 589. The van der Waals surface area contributed by atoms with E-state index in [-0.39, 0.29) is 6.04 Å². The minimum Gasteiger partial charge on any atom is -0.481 e. The number of rotatable bonds is 5. The molecule has 0 radical (unpaired) electrons. The van der Waals surface area contributed by atoms with Gasteiger partial charge < -0.3 is 10.1 Å². The Morgan fingerprint density at radius 1 is 1.30 bits per heavy atom. The van der Waals surface area contributed by atoms with Crippen molar-refractivity contribution in [2.45, 2.75) is 19.4 Å². The van der Waals surface area contributed by atoms with Gasteiger partial charge in [0.25, 0.3) is 0 Å². The van der Waals surface area contributed by atoms with Crippen LogP contribution in [-0.4, -0.2) is 24.1 Å². The number of likely N-dealkylation sites (N-methyl/N-ethyl adjacent to an activating group) is 1. The fourth-order valence-electron chi connectivity index (χ4n) is 2.08. The molecule has 0 bridgehead atoms. The van der Waals surface area contributed by atoms with Gasteiger partial charge in [-0.05, 0) is 31.2 Å². The Kier molecular flexibility index (Phi) is 5.09. The molecule has 0 fully saturated rings. The number of methoxy groups -OCH3 is 1. The Hall–Kier alpha value is -1.46. The molecule has 0 saturated carbocycles. The van der Waals surface area contributed by atoms with E-state index in [1.165, 1.54) is 17.5 Å². The summed E-state index contributed by atoms with van der Waals surface area (Å²) in [5.41, 5.74) is 3.42. The van der Waals surface area contributed by atoms with E-state index in [9.17, 15) is 0 Å². The van der Waals surface area contributed by atoms with Crippen LogP contribution in [0.2, 0.25) is 0 Å². The molecular weight excluding hydrogens is 318 g/mol. The lowest BCUT2D eigenvalue weighted by atomic mass is 10.0. The summed E-state index contributed by atoms with van der Waals surface area (Å²) in [5, 5.41) is 3.33. The third-order valence-corrected chi connectivity index (χ3v) is 4.14. The fourth-order valence-corrected chi connectivity index (χ4v) is 2.33. The molecule has 1 unspecified atom stereocenters. The number of aromatic nitrogens is 2. The monoisotopic (exact) mass is 335 g/mol. The number of hydrogen-bond donors (Lipinski definition) is 1. The van der Waals surface area contributed by atoms with E-state index < -0.39 is 0 Å². The molecule has 2 rings (SSSR count). The molecule has 0 amide bonds. The predicted octanol–water partition coefficient (Wildman–Crippen LogP) is 3.06. The van der Waals surface area contributed by atoms with Gasteiger partial charge in [-0.15, -0.1) is 0 Å². The van der Waals surface area contributed by atoms with Gasteiger partial charge in [-0.2, -0.15) is 0 Å². The van der Waals surface area contributed by atoms with Crippen molar-refractivity contribution in [3.05, 3.63) is 51.9 Å². The first-order valence-electron chi connectivity index (χ1n) is 6.42. The van der Waals surface area contributed by atoms with E-state index in [1.807, 2.05) is 13.1 Å². The Labute approximate surface area is 127 Å². The zero-order valence-electron chi connectivity index (χ0n) is 11.9. The SMILES string of the molecule is CNC(Cc1cc(OC)ncn1)c1ccc(Br)c(C)c1. The van der Waals surface area contributed by atoms with Crippen LogP contribution in [0.4, 0.5) is 0 Å². The van der Waals surface area contributed by atoms with Crippen LogP contribution < -0.4 is 10.1 Å². The number of halogens is 1. The molecule has 20 heavy (non-hydrogen) atoms. The molecule has 106 valence electrons. The van der Waals surface area contributed by atoms with Crippen molar-refractivity contribution in [3.63, 3.8) is 0 Å². The maximum absolute atomic E-state index is 5.13. The Morgan fingerprint density at radius 3 is 2.75 bits per heavy atom. The number of nitrogens with zero attached hydrogens (tertiary/aromatic N) is 2. The van der Waals surface area contributed by atoms with E-state index in [0.717, 1.165) is 16.6 Å². The molecule has 4 nitrogen and oxygen atoms in total. The van der Waals surface area contributed by atoms with Crippen LogP contribution in [-0.2, 0) is 6.42 Å². The highest BCUT2D eigenvalue weighted by atomic mass is 79.9. The third-order valence-electron chi connectivity index (χ3n) is 3.25. The second-order valence-electron chi connectivity index (χ2n) is 4.61. The minimum atomic E-state index is 0.210. The van der Waals surface area contributed by atoms with Crippen molar-refractivity contribution in [3.8, 4) is 5.88 Å². The van der Waals surface area contributed by atoms with Gasteiger partial charge in [0.2, 0.25) is 5.88 Å². The molecule has 0 aliphatic carbocycles. The van der Waals surface area contributed by atoms with Crippen molar-refractivity contribution in [2.24, 2.45) is 0 Å². The number of ether oxygens (including phenoxy) is 1. The highest BCUT2D eigenvalue weighted by Gasteiger charge is 2.12. The zero-order valence-corrected chi connectivity index (χ0v) is 13.4. The molecule has 1 N–H and O–H groups in total. The zero-order chi connectivity index (χ0) is 14.5. The summed E-state index contributed by atoms with van der Waals surface area (Å²) < 4.78 is 6.26. The lowest BCUT2D eigenvalue weighted by molar-refractivity contribution is 0.395. The molecule has 1 aromatic carbocycles. The fraction of sp³-hybridized carbons (Fsp3) is 0.333. The van der Waals surface area contributed by atoms with Gasteiger partial charge in [0.15, 0.2) is 0 Å². The minimum absolute atomic E-state index is 0.210. The lowest BCUT2D eigenvalue weighted by Gasteiger charge is -2.17. The molecule has 1 heterocycles. The van der Waals surface area contributed by atoms with Crippen LogP contribution >= 0.6 is 15.9 Å². The average molecular weight is 336 g/mol. The van der Waals surface area contributed by atoms with Gasteiger partial charge >= 0.3 is 0 Å². The Balaban J connectivity index is 2.21. The second-order valence-corrected chi connectivity index (χ2v) is 5.46. The van der Waals surface area contributed by atoms with E-state index >= 15 is 0 Å². The summed E-state index contributed by atoms with van der Waals surface area (Å²) in [6.45, 7) is 2.09. The first-order valence-corrected chi connectivity index (χ1v) is 7.21. The Morgan fingerprint density at radius 2 is 2.10 bits per heavy atom. The molecule has 2 aromatic rings. The smallest absolute Gasteiger partial charge is 0.216 e. The van der Waals surface area contributed by atoms with Crippen molar-refractivity contribution in [1.29, 1.82) is 0 Å².